The molecule has 7 heteroatoms. The molecule has 4 amide bonds. The second kappa shape index (κ2) is 7.11. The number of hydrogen-bond donors (Lipinski definition) is 0. The van der Waals surface area contributed by atoms with Gasteiger partial charge in [0.05, 0.1) is 6.54 Å². The molecule has 1 fully saturated rings. The van der Waals surface area contributed by atoms with Crippen molar-refractivity contribution in [2.45, 2.75) is 38.5 Å². The van der Waals surface area contributed by atoms with Crippen LogP contribution in [0.5, 0.6) is 0 Å². The van der Waals surface area contributed by atoms with Gasteiger partial charge in [-0.05, 0) is 12.8 Å². The van der Waals surface area contributed by atoms with E-state index in [2.05, 4.69) is 0 Å². The molecule has 2 rings (SSSR count). The molecule has 0 aromatic rings. The highest BCUT2D eigenvalue weighted by Crippen LogP contribution is 2.13. The molecular weight excluding hydrogens is 288 g/mol. The van der Waals surface area contributed by atoms with Crippen molar-refractivity contribution in [2.75, 3.05) is 13.1 Å². The van der Waals surface area contributed by atoms with Gasteiger partial charge in [0, 0.05) is 38.0 Å². The first kappa shape index (κ1) is 16.1. The maximum absolute atomic E-state index is 11.7. The normalized spacial score (nSPS) is 18.0. The van der Waals surface area contributed by atoms with Crippen molar-refractivity contribution in [2.24, 2.45) is 0 Å². The van der Waals surface area contributed by atoms with E-state index in [-0.39, 0.29) is 55.2 Å². The molecule has 1 saturated heterocycles. The Hall–Kier alpha value is -2.31. The van der Waals surface area contributed by atoms with Crippen LogP contribution >= 0.6 is 0 Å². The fraction of sp³-hybridized carbons (Fsp3) is 0.533. The van der Waals surface area contributed by atoms with Gasteiger partial charge < -0.3 is 0 Å². The van der Waals surface area contributed by atoms with Gasteiger partial charge in [0.15, 0.2) is 5.78 Å². The molecule has 2 heterocycles. The maximum Gasteiger partial charge on any atom is 0.253 e. The lowest BCUT2D eigenvalue weighted by Crippen LogP contribution is -2.34. The predicted molar refractivity (Wildman–Crippen MR) is 75.3 cm³/mol. The molecule has 0 spiro atoms. The first-order valence-electron chi connectivity index (χ1n) is 7.37. The van der Waals surface area contributed by atoms with Crippen molar-refractivity contribution >= 4 is 29.4 Å². The predicted octanol–water partition coefficient (Wildman–Crippen LogP) is 0.190. The summed E-state index contributed by atoms with van der Waals surface area (Å²) in [7, 11) is 0. The quantitative estimate of drug-likeness (QED) is 0.471. The van der Waals surface area contributed by atoms with Gasteiger partial charge in [0.2, 0.25) is 11.8 Å². The van der Waals surface area contributed by atoms with E-state index in [1.54, 1.807) is 0 Å². The summed E-state index contributed by atoms with van der Waals surface area (Å²) >= 11 is 0. The minimum absolute atomic E-state index is 0.134. The Bertz CT molecular complexity index is 518. The largest absolute Gasteiger partial charge is 0.298 e. The maximum atomic E-state index is 11.7. The van der Waals surface area contributed by atoms with Crippen LogP contribution < -0.4 is 0 Å². The van der Waals surface area contributed by atoms with E-state index < -0.39 is 0 Å². The highest BCUT2D eigenvalue weighted by Gasteiger charge is 2.30. The molecular formula is C15H18N2O5. The summed E-state index contributed by atoms with van der Waals surface area (Å²) in [5.41, 5.74) is 0. The highest BCUT2D eigenvalue weighted by atomic mass is 16.2. The van der Waals surface area contributed by atoms with Gasteiger partial charge in [-0.3, -0.25) is 33.8 Å². The minimum atomic E-state index is -0.299. The number of hydrogen-bond acceptors (Lipinski definition) is 5. The van der Waals surface area contributed by atoms with Gasteiger partial charge in [-0.2, -0.15) is 0 Å². The SMILES string of the molecule is O=C(CCCCCN1C(=O)C=CC1=O)CN1C(=O)CCC1=O. The minimum Gasteiger partial charge on any atom is -0.298 e. The van der Waals surface area contributed by atoms with E-state index in [1.807, 2.05) is 0 Å². The average molecular weight is 306 g/mol. The third-order valence-corrected chi connectivity index (χ3v) is 3.73. The van der Waals surface area contributed by atoms with Gasteiger partial charge in [-0.25, -0.2) is 0 Å². The van der Waals surface area contributed by atoms with Gasteiger partial charge in [-0.1, -0.05) is 6.42 Å². The summed E-state index contributed by atoms with van der Waals surface area (Å²) in [6.07, 6.45) is 5.11. The topological polar surface area (TPSA) is 91.8 Å². The van der Waals surface area contributed by atoms with Crippen molar-refractivity contribution in [1.82, 2.24) is 9.80 Å². The first-order chi connectivity index (χ1) is 10.5. The number of nitrogens with zero attached hydrogens (tertiary/aromatic N) is 2. The molecule has 0 aromatic carbocycles. The van der Waals surface area contributed by atoms with Crippen LogP contribution in [0.2, 0.25) is 0 Å². The molecule has 0 aliphatic carbocycles. The number of Topliss-reactive ketones (excluding diaryl/α,β-unsaturated/α-hetero) is 1. The molecule has 7 nitrogen and oxygen atoms in total. The van der Waals surface area contributed by atoms with Gasteiger partial charge in [0.1, 0.15) is 0 Å². The number of imide groups is 2. The summed E-state index contributed by atoms with van der Waals surface area (Å²) in [6, 6.07) is 0. The summed E-state index contributed by atoms with van der Waals surface area (Å²) in [5.74, 6) is -1.30. The molecule has 0 N–H and O–H groups in total. The molecule has 0 radical (unpaired) electrons. The zero-order chi connectivity index (χ0) is 16.1. The Morgan fingerprint density at radius 1 is 0.864 bits per heavy atom. The van der Waals surface area contributed by atoms with Crippen LogP contribution in [0, 0.1) is 0 Å². The van der Waals surface area contributed by atoms with Gasteiger partial charge >= 0.3 is 0 Å². The first-order valence-corrected chi connectivity index (χ1v) is 7.37. The van der Waals surface area contributed by atoms with Crippen LogP contribution in [0.15, 0.2) is 12.2 Å². The third kappa shape index (κ3) is 3.87. The molecule has 2 aliphatic heterocycles. The molecule has 0 aromatic heterocycles. The Kier molecular flexibility index (Phi) is 5.19. The zero-order valence-corrected chi connectivity index (χ0v) is 12.2. The number of carbonyl (C=O) groups excluding carboxylic acids is 5. The van der Waals surface area contributed by atoms with Crippen molar-refractivity contribution in [3.05, 3.63) is 12.2 Å². The fourth-order valence-corrected chi connectivity index (χ4v) is 2.48. The van der Waals surface area contributed by atoms with E-state index >= 15 is 0 Å². The second-order valence-corrected chi connectivity index (χ2v) is 5.38. The van der Waals surface area contributed by atoms with Crippen molar-refractivity contribution in [3.8, 4) is 0 Å². The lowest BCUT2D eigenvalue weighted by Gasteiger charge is -2.14. The Balaban J connectivity index is 1.60. The molecule has 0 saturated carbocycles. The highest BCUT2D eigenvalue weighted by molar-refractivity contribution is 6.12. The molecule has 118 valence electrons. The Labute approximate surface area is 127 Å². The van der Waals surface area contributed by atoms with E-state index in [0.29, 0.717) is 25.8 Å². The van der Waals surface area contributed by atoms with Gasteiger partial charge in [0.25, 0.3) is 11.8 Å². The van der Waals surface area contributed by atoms with Crippen LogP contribution in [-0.2, 0) is 24.0 Å². The van der Waals surface area contributed by atoms with Crippen LogP contribution in [-0.4, -0.2) is 52.3 Å². The molecule has 0 unspecified atom stereocenters. The smallest absolute Gasteiger partial charge is 0.253 e. The Morgan fingerprint density at radius 3 is 2.05 bits per heavy atom. The van der Waals surface area contributed by atoms with Crippen LogP contribution in [0.25, 0.3) is 0 Å². The van der Waals surface area contributed by atoms with Crippen LogP contribution in [0.1, 0.15) is 38.5 Å². The molecule has 0 bridgehead atoms. The zero-order valence-electron chi connectivity index (χ0n) is 12.2. The number of ketones is 1. The van der Waals surface area contributed by atoms with E-state index in [9.17, 15) is 24.0 Å². The number of amides is 4. The van der Waals surface area contributed by atoms with Crippen molar-refractivity contribution in [1.29, 1.82) is 0 Å². The average Bonchev–Trinajstić information content (AvgIpc) is 2.96. The Morgan fingerprint density at radius 2 is 1.45 bits per heavy atom. The van der Waals surface area contributed by atoms with Crippen molar-refractivity contribution in [3.63, 3.8) is 0 Å². The van der Waals surface area contributed by atoms with Crippen LogP contribution in [0.3, 0.4) is 0 Å². The second-order valence-electron chi connectivity index (χ2n) is 5.38. The third-order valence-electron chi connectivity index (χ3n) is 3.73. The van der Waals surface area contributed by atoms with Gasteiger partial charge in [-0.15, -0.1) is 0 Å². The van der Waals surface area contributed by atoms with Crippen molar-refractivity contribution < 1.29 is 24.0 Å². The molecule has 0 atom stereocenters. The standard InChI is InChI=1S/C15H18N2O5/c18-11(10-17-14(21)7-8-15(17)22)4-2-1-3-9-16-12(19)5-6-13(16)20/h5-6H,1-4,7-10H2. The monoisotopic (exact) mass is 306 g/mol. The number of likely N-dealkylation sites (tertiary alicyclic amines) is 1. The molecule has 2 aliphatic rings. The lowest BCUT2D eigenvalue weighted by molar-refractivity contribution is -0.142. The number of unbranched alkanes of at least 4 members (excludes halogenated alkanes) is 2. The summed E-state index contributed by atoms with van der Waals surface area (Å²) in [5, 5.41) is 0. The molecule has 22 heavy (non-hydrogen) atoms. The number of carbonyl (C=O) groups is 5. The van der Waals surface area contributed by atoms with Crippen LogP contribution in [0.4, 0.5) is 0 Å². The summed E-state index contributed by atoms with van der Waals surface area (Å²) < 4.78 is 0. The fourth-order valence-electron chi connectivity index (χ4n) is 2.48. The number of rotatable bonds is 8. The lowest BCUT2D eigenvalue weighted by atomic mass is 10.1. The summed E-state index contributed by atoms with van der Waals surface area (Å²) in [4.78, 5) is 59.3. The van der Waals surface area contributed by atoms with E-state index in [1.165, 1.54) is 17.1 Å². The van der Waals surface area contributed by atoms with E-state index in [4.69, 9.17) is 0 Å². The van der Waals surface area contributed by atoms with E-state index in [0.717, 1.165) is 4.90 Å². The summed E-state index contributed by atoms with van der Waals surface area (Å²) in [6.45, 7) is 0.215.